The molecular weight excluding hydrogens is 204 g/mol. The first-order valence-corrected chi connectivity index (χ1v) is 5.57. The molecule has 1 unspecified atom stereocenters. The van der Waals surface area contributed by atoms with Crippen LogP contribution in [0.2, 0.25) is 0 Å². The fraction of sp³-hybridized carbons (Fsp3) is 0.615. The average Bonchev–Trinajstić information content (AvgIpc) is 2.16. The van der Waals surface area contributed by atoms with E-state index < -0.39 is 12.1 Å². The topological polar surface area (TPSA) is 46.5 Å². The fourth-order valence-corrected chi connectivity index (χ4v) is 1.08. The Bertz CT molecular complexity index is 271. The van der Waals surface area contributed by atoms with E-state index in [1.54, 1.807) is 0 Å². The maximum Gasteiger partial charge on any atom is 0.334 e. The lowest BCUT2D eigenvalue weighted by atomic mass is 10.1. The van der Waals surface area contributed by atoms with Gasteiger partial charge < -0.3 is 9.84 Å². The lowest BCUT2D eigenvalue weighted by Gasteiger charge is -2.04. The SMILES string of the molecule is CC(C)=CCCC(C)=CCOC(=O)C(C)O. The summed E-state index contributed by atoms with van der Waals surface area (Å²) in [6.07, 6.45) is 4.99. The van der Waals surface area contributed by atoms with Gasteiger partial charge in [-0.05, 0) is 46.6 Å². The van der Waals surface area contributed by atoms with Crippen LogP contribution in [0.4, 0.5) is 0 Å². The third-order valence-electron chi connectivity index (χ3n) is 2.09. The van der Waals surface area contributed by atoms with Gasteiger partial charge in [-0.15, -0.1) is 0 Å². The van der Waals surface area contributed by atoms with Crippen LogP contribution in [-0.4, -0.2) is 23.8 Å². The highest BCUT2D eigenvalue weighted by Crippen LogP contribution is 2.06. The van der Waals surface area contributed by atoms with Crippen LogP contribution >= 0.6 is 0 Å². The molecule has 92 valence electrons. The van der Waals surface area contributed by atoms with E-state index in [2.05, 4.69) is 19.9 Å². The Balaban J connectivity index is 3.79. The van der Waals surface area contributed by atoms with Crippen molar-refractivity contribution in [1.29, 1.82) is 0 Å². The molecule has 0 bridgehead atoms. The molecule has 1 atom stereocenters. The summed E-state index contributed by atoms with van der Waals surface area (Å²) in [6.45, 7) is 7.79. The number of ether oxygens (including phenoxy) is 1. The minimum Gasteiger partial charge on any atom is -0.460 e. The summed E-state index contributed by atoms with van der Waals surface area (Å²) in [6, 6.07) is 0. The van der Waals surface area contributed by atoms with Crippen LogP contribution in [0.3, 0.4) is 0 Å². The molecule has 3 heteroatoms. The van der Waals surface area contributed by atoms with Crippen LogP contribution in [0, 0.1) is 0 Å². The van der Waals surface area contributed by atoms with Gasteiger partial charge in [0.25, 0.3) is 0 Å². The van der Waals surface area contributed by atoms with Crippen molar-refractivity contribution in [2.75, 3.05) is 6.61 Å². The monoisotopic (exact) mass is 226 g/mol. The molecule has 0 aromatic heterocycles. The van der Waals surface area contributed by atoms with E-state index in [1.165, 1.54) is 18.1 Å². The summed E-state index contributed by atoms with van der Waals surface area (Å²) in [5.74, 6) is -0.576. The van der Waals surface area contributed by atoms with Crippen LogP contribution in [0.5, 0.6) is 0 Å². The van der Waals surface area contributed by atoms with Crippen molar-refractivity contribution in [3.05, 3.63) is 23.3 Å². The zero-order valence-corrected chi connectivity index (χ0v) is 10.6. The number of aliphatic hydroxyl groups excluding tert-OH is 1. The highest BCUT2D eigenvalue weighted by molar-refractivity contribution is 5.73. The van der Waals surface area contributed by atoms with E-state index in [0.29, 0.717) is 0 Å². The number of carbonyl (C=O) groups excluding carboxylic acids is 1. The van der Waals surface area contributed by atoms with Gasteiger partial charge in [0.05, 0.1) is 0 Å². The van der Waals surface area contributed by atoms with Crippen molar-refractivity contribution in [3.63, 3.8) is 0 Å². The molecule has 0 spiro atoms. The lowest BCUT2D eigenvalue weighted by molar-refractivity contribution is -0.151. The molecule has 0 amide bonds. The Labute approximate surface area is 97.8 Å². The molecule has 0 rings (SSSR count). The Hall–Kier alpha value is -1.09. The molecule has 0 fully saturated rings. The van der Waals surface area contributed by atoms with E-state index in [4.69, 9.17) is 9.84 Å². The largest absolute Gasteiger partial charge is 0.460 e. The standard InChI is InChI=1S/C13H22O3/c1-10(2)6-5-7-11(3)8-9-16-13(15)12(4)14/h6,8,12,14H,5,7,9H2,1-4H3. The third-order valence-corrected chi connectivity index (χ3v) is 2.09. The zero-order valence-electron chi connectivity index (χ0n) is 10.6. The number of hydrogen-bond donors (Lipinski definition) is 1. The second-order valence-corrected chi connectivity index (χ2v) is 4.18. The van der Waals surface area contributed by atoms with Gasteiger partial charge in [0, 0.05) is 0 Å². The summed E-state index contributed by atoms with van der Waals surface area (Å²) in [5, 5.41) is 8.89. The Morgan fingerprint density at radius 2 is 1.94 bits per heavy atom. The maximum atomic E-state index is 10.9. The van der Waals surface area contributed by atoms with E-state index in [0.717, 1.165) is 12.8 Å². The Morgan fingerprint density at radius 1 is 1.31 bits per heavy atom. The highest BCUT2D eigenvalue weighted by Gasteiger charge is 2.08. The summed E-state index contributed by atoms with van der Waals surface area (Å²) < 4.78 is 4.82. The number of hydrogen-bond acceptors (Lipinski definition) is 3. The van der Waals surface area contributed by atoms with E-state index >= 15 is 0 Å². The molecule has 0 aromatic rings. The van der Waals surface area contributed by atoms with Gasteiger partial charge in [-0.2, -0.15) is 0 Å². The van der Waals surface area contributed by atoms with E-state index in [9.17, 15) is 4.79 Å². The predicted molar refractivity (Wildman–Crippen MR) is 65.1 cm³/mol. The third kappa shape index (κ3) is 8.24. The van der Waals surface area contributed by atoms with Crippen molar-refractivity contribution in [3.8, 4) is 0 Å². The Morgan fingerprint density at radius 3 is 2.44 bits per heavy atom. The Kier molecular flexibility index (Phi) is 7.56. The molecule has 0 saturated heterocycles. The van der Waals surface area contributed by atoms with Crippen molar-refractivity contribution >= 4 is 5.97 Å². The van der Waals surface area contributed by atoms with Gasteiger partial charge in [0.1, 0.15) is 12.7 Å². The summed E-state index contributed by atoms with van der Waals surface area (Å²) in [4.78, 5) is 10.9. The normalized spacial score (nSPS) is 13.2. The van der Waals surface area contributed by atoms with Crippen molar-refractivity contribution in [2.45, 2.75) is 46.6 Å². The molecular formula is C13H22O3. The molecule has 0 radical (unpaired) electrons. The molecule has 0 aliphatic rings. The molecule has 0 saturated carbocycles. The number of allylic oxidation sites excluding steroid dienone is 3. The first-order chi connectivity index (χ1) is 7.43. The van der Waals surface area contributed by atoms with Crippen LogP contribution in [-0.2, 0) is 9.53 Å². The summed E-state index contributed by atoms with van der Waals surface area (Å²) in [7, 11) is 0. The van der Waals surface area contributed by atoms with Gasteiger partial charge in [-0.25, -0.2) is 4.79 Å². The minimum absolute atomic E-state index is 0.240. The summed E-state index contributed by atoms with van der Waals surface area (Å²) in [5.41, 5.74) is 2.50. The average molecular weight is 226 g/mol. The lowest BCUT2D eigenvalue weighted by Crippen LogP contribution is -2.19. The van der Waals surface area contributed by atoms with E-state index in [-0.39, 0.29) is 6.61 Å². The van der Waals surface area contributed by atoms with Crippen molar-refractivity contribution < 1.29 is 14.6 Å². The van der Waals surface area contributed by atoms with Gasteiger partial charge in [-0.1, -0.05) is 17.2 Å². The minimum atomic E-state index is -1.04. The van der Waals surface area contributed by atoms with Crippen LogP contribution < -0.4 is 0 Å². The predicted octanol–water partition coefficient (Wildman–Crippen LogP) is 2.60. The number of rotatable bonds is 6. The quantitative estimate of drug-likeness (QED) is 0.559. The number of aliphatic hydroxyl groups is 1. The molecule has 1 N–H and O–H groups in total. The van der Waals surface area contributed by atoms with Gasteiger partial charge in [-0.3, -0.25) is 0 Å². The van der Waals surface area contributed by atoms with Crippen molar-refractivity contribution in [1.82, 2.24) is 0 Å². The van der Waals surface area contributed by atoms with E-state index in [1.807, 2.05) is 13.0 Å². The molecule has 3 nitrogen and oxygen atoms in total. The van der Waals surface area contributed by atoms with Crippen LogP contribution in [0.15, 0.2) is 23.3 Å². The highest BCUT2D eigenvalue weighted by atomic mass is 16.5. The van der Waals surface area contributed by atoms with Gasteiger partial charge >= 0.3 is 5.97 Å². The fourth-order valence-electron chi connectivity index (χ4n) is 1.08. The maximum absolute atomic E-state index is 10.9. The molecule has 0 aromatic carbocycles. The van der Waals surface area contributed by atoms with Gasteiger partial charge in [0.2, 0.25) is 0 Å². The molecule has 0 aliphatic heterocycles. The molecule has 0 aliphatic carbocycles. The number of carbonyl (C=O) groups is 1. The zero-order chi connectivity index (χ0) is 12.6. The first-order valence-electron chi connectivity index (χ1n) is 5.57. The van der Waals surface area contributed by atoms with Crippen molar-refractivity contribution in [2.24, 2.45) is 0 Å². The summed E-state index contributed by atoms with van der Waals surface area (Å²) >= 11 is 0. The second-order valence-electron chi connectivity index (χ2n) is 4.18. The molecule has 16 heavy (non-hydrogen) atoms. The van der Waals surface area contributed by atoms with Gasteiger partial charge in [0.15, 0.2) is 0 Å². The van der Waals surface area contributed by atoms with Crippen LogP contribution in [0.1, 0.15) is 40.5 Å². The first kappa shape index (κ1) is 14.9. The molecule has 0 heterocycles. The smallest absolute Gasteiger partial charge is 0.334 e. The number of esters is 1. The second kappa shape index (κ2) is 8.11. The van der Waals surface area contributed by atoms with Crippen LogP contribution in [0.25, 0.3) is 0 Å².